The van der Waals surface area contributed by atoms with Gasteiger partial charge < -0.3 is 14.0 Å². The number of nitrogens with zero attached hydrogens (tertiary/aromatic N) is 2. The van der Waals surface area contributed by atoms with Gasteiger partial charge in [-0.2, -0.15) is 4.99 Å². The van der Waals surface area contributed by atoms with Crippen LogP contribution in [0.25, 0.3) is 10.2 Å². The molecule has 0 atom stereocenters. The van der Waals surface area contributed by atoms with Crippen LogP contribution >= 0.6 is 11.3 Å². The molecular weight excluding hydrogens is 360 g/mol. The van der Waals surface area contributed by atoms with Gasteiger partial charge in [0.2, 0.25) is 0 Å². The maximum atomic E-state index is 12.9. The van der Waals surface area contributed by atoms with Crippen LogP contribution in [-0.2, 0) is 6.54 Å². The predicted octanol–water partition coefficient (Wildman–Crippen LogP) is 3.71. The van der Waals surface area contributed by atoms with Gasteiger partial charge in [-0.25, -0.2) is 0 Å². The number of aromatic nitrogens is 1. The fraction of sp³-hybridized carbons (Fsp3) is 0.238. The lowest BCUT2D eigenvalue weighted by Crippen LogP contribution is -2.17. The lowest BCUT2D eigenvalue weighted by molar-refractivity contribution is 0.0994. The molecule has 0 fully saturated rings. The first kappa shape index (κ1) is 18.7. The molecule has 0 spiro atoms. The van der Waals surface area contributed by atoms with Gasteiger partial charge >= 0.3 is 0 Å². The molecule has 0 saturated carbocycles. The zero-order chi connectivity index (χ0) is 19.6. The number of hydrogen-bond donors (Lipinski definition) is 0. The van der Waals surface area contributed by atoms with E-state index in [1.807, 2.05) is 24.5 Å². The minimum atomic E-state index is -0.404. The molecule has 1 amide bonds. The van der Waals surface area contributed by atoms with Crippen molar-refractivity contribution in [3.8, 4) is 23.8 Å². The van der Waals surface area contributed by atoms with E-state index in [1.165, 1.54) is 25.6 Å². The number of hydrogen-bond acceptors (Lipinski definition) is 4. The maximum absolute atomic E-state index is 12.9. The molecule has 3 rings (SSSR count). The number of thiazole rings is 1. The van der Waals surface area contributed by atoms with Gasteiger partial charge in [0.25, 0.3) is 5.91 Å². The summed E-state index contributed by atoms with van der Waals surface area (Å²) in [6.45, 7) is 4.40. The molecule has 27 heavy (non-hydrogen) atoms. The predicted molar refractivity (Wildman–Crippen MR) is 108 cm³/mol. The Morgan fingerprint density at radius 3 is 2.59 bits per heavy atom. The number of methoxy groups -OCH3 is 2. The van der Waals surface area contributed by atoms with Crippen LogP contribution in [0, 0.1) is 26.2 Å². The average Bonchev–Trinajstić information content (AvgIpc) is 3.03. The first-order chi connectivity index (χ1) is 13.0. The van der Waals surface area contributed by atoms with E-state index in [-0.39, 0.29) is 0 Å². The Kier molecular flexibility index (Phi) is 5.33. The summed E-state index contributed by atoms with van der Waals surface area (Å²) in [6.07, 6.45) is 5.56. The van der Waals surface area contributed by atoms with Crippen molar-refractivity contribution in [2.45, 2.75) is 20.4 Å². The summed E-state index contributed by atoms with van der Waals surface area (Å²) in [4.78, 5) is 17.8. The Labute approximate surface area is 161 Å². The molecule has 0 bridgehead atoms. The number of aryl methyl sites for hydroxylation is 2. The van der Waals surface area contributed by atoms with Crippen molar-refractivity contribution in [2.24, 2.45) is 4.99 Å². The number of benzene rings is 2. The van der Waals surface area contributed by atoms with E-state index in [1.54, 1.807) is 18.2 Å². The summed E-state index contributed by atoms with van der Waals surface area (Å²) in [7, 11) is 3.03. The Hall–Kier alpha value is -3.04. The fourth-order valence-corrected chi connectivity index (χ4v) is 4.17. The standard InChI is InChI=1S/C21H20N2O3S/c1-6-12-23-17-13(2)10-11-14(3)19(17)27-21(23)22-20(24)15-8-7-9-16(25-4)18(15)26-5/h1,7-11H,12H2,2-5H3. The molecule has 1 aromatic heterocycles. The quantitative estimate of drug-likeness (QED) is 0.649. The molecule has 0 radical (unpaired) electrons. The van der Waals surface area contributed by atoms with Crippen molar-refractivity contribution in [1.82, 2.24) is 4.57 Å². The van der Waals surface area contributed by atoms with Crippen molar-refractivity contribution in [3.05, 3.63) is 51.8 Å². The second-order valence-electron chi connectivity index (χ2n) is 6.01. The number of terminal acetylenes is 1. The highest BCUT2D eigenvalue weighted by Crippen LogP contribution is 2.31. The highest BCUT2D eigenvalue weighted by molar-refractivity contribution is 7.16. The van der Waals surface area contributed by atoms with Crippen LogP contribution in [0.5, 0.6) is 11.5 Å². The molecule has 0 aliphatic rings. The van der Waals surface area contributed by atoms with Crippen molar-refractivity contribution in [1.29, 1.82) is 0 Å². The SMILES string of the molecule is C#CCn1c(=NC(=O)c2cccc(OC)c2OC)sc2c(C)ccc(C)c21. The summed E-state index contributed by atoms with van der Waals surface area (Å²) in [5.41, 5.74) is 3.58. The fourth-order valence-electron chi connectivity index (χ4n) is 3.00. The van der Waals surface area contributed by atoms with Crippen LogP contribution in [0.3, 0.4) is 0 Å². The Balaban J connectivity index is 2.24. The van der Waals surface area contributed by atoms with Gasteiger partial charge in [0.1, 0.15) is 0 Å². The van der Waals surface area contributed by atoms with Gasteiger partial charge in [-0.1, -0.05) is 35.5 Å². The highest BCUT2D eigenvalue weighted by atomic mass is 32.1. The minimum absolute atomic E-state index is 0.339. The number of carbonyl (C=O) groups is 1. The van der Waals surface area contributed by atoms with E-state index in [2.05, 4.69) is 17.0 Å². The Morgan fingerprint density at radius 1 is 1.19 bits per heavy atom. The van der Waals surface area contributed by atoms with E-state index >= 15 is 0 Å². The summed E-state index contributed by atoms with van der Waals surface area (Å²) in [5, 5.41) is 0. The van der Waals surface area contributed by atoms with Crippen LogP contribution in [0.1, 0.15) is 21.5 Å². The van der Waals surface area contributed by atoms with E-state index in [0.717, 1.165) is 21.3 Å². The van der Waals surface area contributed by atoms with E-state index < -0.39 is 5.91 Å². The van der Waals surface area contributed by atoms with Crippen LogP contribution in [0.15, 0.2) is 35.3 Å². The molecule has 0 saturated heterocycles. The number of para-hydroxylation sites is 1. The number of ether oxygens (including phenoxy) is 2. The molecule has 0 unspecified atom stereocenters. The van der Waals surface area contributed by atoms with Gasteiger partial charge in [-0.3, -0.25) is 4.79 Å². The molecule has 2 aromatic carbocycles. The molecule has 6 heteroatoms. The highest BCUT2D eigenvalue weighted by Gasteiger charge is 2.17. The zero-order valence-electron chi connectivity index (χ0n) is 15.7. The second kappa shape index (κ2) is 7.68. The van der Waals surface area contributed by atoms with Gasteiger partial charge in [-0.15, -0.1) is 6.42 Å². The van der Waals surface area contributed by atoms with Crippen molar-refractivity contribution in [3.63, 3.8) is 0 Å². The Morgan fingerprint density at radius 2 is 1.93 bits per heavy atom. The van der Waals surface area contributed by atoms with E-state index in [4.69, 9.17) is 15.9 Å². The molecule has 0 aliphatic heterocycles. The first-order valence-corrected chi connectivity index (χ1v) is 9.16. The van der Waals surface area contributed by atoms with Gasteiger partial charge in [0.05, 0.1) is 36.5 Å². The smallest absolute Gasteiger partial charge is 0.283 e. The maximum Gasteiger partial charge on any atom is 0.283 e. The molecular formula is C21H20N2O3S. The van der Waals surface area contributed by atoms with Crippen LogP contribution in [0.2, 0.25) is 0 Å². The summed E-state index contributed by atoms with van der Waals surface area (Å²) in [5.74, 6) is 3.10. The Bertz CT molecular complexity index is 1130. The third-order valence-electron chi connectivity index (χ3n) is 4.30. The first-order valence-electron chi connectivity index (χ1n) is 8.34. The van der Waals surface area contributed by atoms with Crippen LogP contribution < -0.4 is 14.3 Å². The van der Waals surface area contributed by atoms with Crippen molar-refractivity contribution in [2.75, 3.05) is 14.2 Å². The molecule has 0 aliphatic carbocycles. The van der Waals surface area contributed by atoms with E-state index in [9.17, 15) is 4.79 Å². The number of fused-ring (bicyclic) bond motifs is 1. The normalized spacial score (nSPS) is 11.4. The third-order valence-corrected chi connectivity index (χ3v) is 5.52. The molecule has 3 aromatic rings. The van der Waals surface area contributed by atoms with Crippen LogP contribution in [0.4, 0.5) is 0 Å². The average molecular weight is 380 g/mol. The van der Waals surface area contributed by atoms with Gasteiger partial charge in [-0.05, 0) is 37.1 Å². The lowest BCUT2D eigenvalue weighted by Gasteiger charge is -2.10. The van der Waals surface area contributed by atoms with E-state index in [0.29, 0.717) is 28.4 Å². The number of amides is 1. The van der Waals surface area contributed by atoms with Gasteiger partial charge in [0.15, 0.2) is 16.3 Å². The molecule has 5 nitrogen and oxygen atoms in total. The third kappa shape index (κ3) is 3.34. The summed E-state index contributed by atoms with van der Waals surface area (Å²) in [6, 6.07) is 9.25. The lowest BCUT2D eigenvalue weighted by atomic mass is 10.1. The van der Waals surface area contributed by atoms with Crippen LogP contribution in [-0.4, -0.2) is 24.7 Å². The monoisotopic (exact) mass is 380 g/mol. The zero-order valence-corrected chi connectivity index (χ0v) is 16.5. The van der Waals surface area contributed by atoms with Gasteiger partial charge in [0, 0.05) is 0 Å². The molecule has 0 N–H and O–H groups in total. The van der Waals surface area contributed by atoms with Crippen molar-refractivity contribution < 1.29 is 14.3 Å². The van der Waals surface area contributed by atoms with Crippen molar-refractivity contribution >= 4 is 27.5 Å². The number of rotatable bonds is 4. The second-order valence-corrected chi connectivity index (χ2v) is 6.99. The molecule has 1 heterocycles. The topological polar surface area (TPSA) is 52.8 Å². The molecule has 138 valence electrons. The summed E-state index contributed by atoms with van der Waals surface area (Å²) < 4.78 is 13.6. The largest absolute Gasteiger partial charge is 0.493 e. The number of carbonyl (C=O) groups excluding carboxylic acids is 1. The minimum Gasteiger partial charge on any atom is -0.493 e. The summed E-state index contributed by atoms with van der Waals surface area (Å²) >= 11 is 1.46.